The largest absolute Gasteiger partial charge is 0.323 e. The lowest BCUT2D eigenvalue weighted by atomic mass is 9.95. The van der Waals surface area contributed by atoms with Crippen molar-refractivity contribution in [2.24, 2.45) is 0 Å². The molecule has 1 saturated carbocycles. The molecule has 0 spiro atoms. The number of nitrogens with zero attached hydrogens (tertiary/aromatic N) is 1. The molecule has 1 amide bonds. The number of hydrogen-bond acceptors (Lipinski definition) is 3. The van der Waals surface area contributed by atoms with Crippen molar-refractivity contribution in [1.82, 2.24) is 20.4 Å². The van der Waals surface area contributed by atoms with Gasteiger partial charge in [0.05, 0.1) is 16.4 Å². The third-order valence-corrected chi connectivity index (χ3v) is 3.58. The molecular formula is C13H16N4O2. The lowest BCUT2D eigenvalue weighted by Gasteiger charge is -2.19. The molecule has 1 aliphatic carbocycles. The Morgan fingerprint density at radius 2 is 1.95 bits per heavy atom. The normalized spacial score (nSPS) is 16.8. The van der Waals surface area contributed by atoms with Crippen LogP contribution in [-0.2, 0) is 10.2 Å². The number of fused-ring (bicyclic) bond motifs is 1. The number of carbonyl (C=O) groups is 1. The third-order valence-electron chi connectivity index (χ3n) is 3.58. The number of rotatable bonds is 3. The van der Waals surface area contributed by atoms with Crippen LogP contribution in [0.5, 0.6) is 0 Å². The number of aromatic amines is 2. The maximum atomic E-state index is 12.2. The van der Waals surface area contributed by atoms with Crippen molar-refractivity contribution in [3.8, 4) is 0 Å². The molecule has 1 heterocycles. The van der Waals surface area contributed by atoms with Gasteiger partial charge in [0.2, 0.25) is 5.91 Å². The van der Waals surface area contributed by atoms with Gasteiger partial charge in [0.1, 0.15) is 0 Å². The molecule has 6 heteroatoms. The van der Waals surface area contributed by atoms with Crippen LogP contribution in [-0.4, -0.2) is 35.0 Å². The van der Waals surface area contributed by atoms with Crippen LogP contribution in [0.3, 0.4) is 0 Å². The van der Waals surface area contributed by atoms with Gasteiger partial charge in [0.15, 0.2) is 0 Å². The van der Waals surface area contributed by atoms with Gasteiger partial charge in [0.25, 0.3) is 0 Å². The first-order chi connectivity index (χ1) is 9.01. The average Bonchev–Trinajstić information content (AvgIpc) is 3.05. The molecule has 0 bridgehead atoms. The highest BCUT2D eigenvalue weighted by Crippen LogP contribution is 2.48. The molecule has 0 saturated heterocycles. The topological polar surface area (TPSA) is 81.0 Å². The average molecular weight is 260 g/mol. The first-order valence-corrected chi connectivity index (χ1v) is 6.22. The number of imidazole rings is 1. The highest BCUT2D eigenvalue weighted by atomic mass is 16.2. The Balaban J connectivity index is 1.99. The number of aromatic nitrogens is 2. The molecule has 0 atom stereocenters. The quantitative estimate of drug-likeness (QED) is 0.702. The van der Waals surface area contributed by atoms with Crippen molar-refractivity contribution in [2.45, 2.75) is 18.3 Å². The van der Waals surface area contributed by atoms with E-state index in [0.29, 0.717) is 0 Å². The van der Waals surface area contributed by atoms with E-state index in [0.717, 1.165) is 29.4 Å². The molecule has 3 N–H and O–H groups in total. The van der Waals surface area contributed by atoms with Crippen molar-refractivity contribution in [3.63, 3.8) is 0 Å². The SMILES string of the molecule is CN(C)NC(=O)C1(c2ccc3[nH]c(=O)[nH]c3c2)CC1. The Morgan fingerprint density at radius 3 is 2.58 bits per heavy atom. The molecule has 1 aromatic heterocycles. The predicted octanol–water partition coefficient (Wildman–Crippen LogP) is 0.481. The van der Waals surface area contributed by atoms with Gasteiger partial charge < -0.3 is 9.97 Å². The summed E-state index contributed by atoms with van der Waals surface area (Å²) in [6.07, 6.45) is 1.68. The Morgan fingerprint density at radius 1 is 1.26 bits per heavy atom. The van der Waals surface area contributed by atoms with E-state index in [9.17, 15) is 9.59 Å². The molecular weight excluding hydrogens is 244 g/mol. The molecule has 3 rings (SSSR count). The summed E-state index contributed by atoms with van der Waals surface area (Å²) in [5.41, 5.74) is 4.60. The van der Waals surface area contributed by atoms with E-state index in [1.165, 1.54) is 0 Å². The van der Waals surface area contributed by atoms with Gasteiger partial charge >= 0.3 is 5.69 Å². The molecule has 1 aromatic carbocycles. The second kappa shape index (κ2) is 3.96. The molecule has 0 aliphatic heterocycles. The summed E-state index contributed by atoms with van der Waals surface area (Å²) < 4.78 is 0. The lowest BCUT2D eigenvalue weighted by molar-refractivity contribution is -0.127. The van der Waals surface area contributed by atoms with Gasteiger partial charge in [-0.25, -0.2) is 9.80 Å². The number of hydrogen-bond donors (Lipinski definition) is 3. The lowest BCUT2D eigenvalue weighted by Crippen LogP contribution is -2.42. The van der Waals surface area contributed by atoms with Gasteiger partial charge in [-0.05, 0) is 30.5 Å². The van der Waals surface area contributed by atoms with E-state index < -0.39 is 5.41 Å². The molecule has 0 radical (unpaired) electrons. The summed E-state index contributed by atoms with van der Waals surface area (Å²) in [4.78, 5) is 28.9. The van der Waals surface area contributed by atoms with Gasteiger partial charge in [-0.2, -0.15) is 0 Å². The minimum Gasteiger partial charge on any atom is -0.306 e. The van der Waals surface area contributed by atoms with Crippen LogP contribution in [0.25, 0.3) is 11.0 Å². The molecule has 100 valence electrons. The number of amides is 1. The van der Waals surface area contributed by atoms with Crippen LogP contribution in [0.2, 0.25) is 0 Å². The maximum Gasteiger partial charge on any atom is 0.323 e. The molecule has 6 nitrogen and oxygen atoms in total. The van der Waals surface area contributed by atoms with E-state index in [2.05, 4.69) is 15.4 Å². The van der Waals surface area contributed by atoms with E-state index in [1.54, 1.807) is 19.1 Å². The molecule has 2 aromatic rings. The van der Waals surface area contributed by atoms with Crippen molar-refractivity contribution in [2.75, 3.05) is 14.1 Å². The third kappa shape index (κ3) is 1.94. The zero-order valence-corrected chi connectivity index (χ0v) is 10.9. The summed E-state index contributed by atoms with van der Waals surface area (Å²) in [6, 6.07) is 5.63. The zero-order chi connectivity index (χ0) is 13.6. The first kappa shape index (κ1) is 12.0. The van der Waals surface area contributed by atoms with E-state index in [4.69, 9.17) is 0 Å². The summed E-state index contributed by atoms with van der Waals surface area (Å²) in [5, 5.41) is 1.65. The Kier molecular flexibility index (Phi) is 2.50. The van der Waals surface area contributed by atoms with Gasteiger partial charge in [-0.15, -0.1) is 0 Å². The maximum absolute atomic E-state index is 12.2. The number of hydrazine groups is 1. The van der Waals surface area contributed by atoms with Crippen molar-refractivity contribution < 1.29 is 4.79 Å². The number of benzene rings is 1. The van der Waals surface area contributed by atoms with Gasteiger partial charge in [-0.1, -0.05) is 6.07 Å². The summed E-state index contributed by atoms with van der Waals surface area (Å²) in [6.45, 7) is 0. The van der Waals surface area contributed by atoms with E-state index >= 15 is 0 Å². The Bertz CT molecular complexity index is 694. The predicted molar refractivity (Wildman–Crippen MR) is 71.7 cm³/mol. The van der Waals surface area contributed by atoms with Gasteiger partial charge in [-0.3, -0.25) is 10.2 Å². The van der Waals surface area contributed by atoms with E-state index in [1.807, 2.05) is 18.2 Å². The van der Waals surface area contributed by atoms with Crippen LogP contribution >= 0.6 is 0 Å². The van der Waals surface area contributed by atoms with Crippen LogP contribution in [0.1, 0.15) is 18.4 Å². The second-order valence-corrected chi connectivity index (χ2v) is 5.26. The fraction of sp³-hybridized carbons (Fsp3) is 0.385. The summed E-state index contributed by atoms with van der Waals surface area (Å²) >= 11 is 0. The minimum atomic E-state index is -0.438. The number of nitrogens with one attached hydrogen (secondary N) is 3. The van der Waals surface area contributed by atoms with Crippen LogP contribution in [0.15, 0.2) is 23.0 Å². The van der Waals surface area contributed by atoms with Gasteiger partial charge in [0, 0.05) is 14.1 Å². The van der Waals surface area contributed by atoms with Crippen LogP contribution in [0, 0.1) is 0 Å². The van der Waals surface area contributed by atoms with Crippen molar-refractivity contribution in [1.29, 1.82) is 0 Å². The zero-order valence-electron chi connectivity index (χ0n) is 10.9. The molecule has 1 aliphatic rings. The summed E-state index contributed by atoms with van der Waals surface area (Å²) in [7, 11) is 3.58. The second-order valence-electron chi connectivity index (χ2n) is 5.26. The van der Waals surface area contributed by atoms with Crippen molar-refractivity contribution >= 4 is 16.9 Å². The van der Waals surface area contributed by atoms with Crippen LogP contribution < -0.4 is 11.1 Å². The van der Waals surface area contributed by atoms with Crippen LogP contribution in [0.4, 0.5) is 0 Å². The molecule has 19 heavy (non-hydrogen) atoms. The Hall–Kier alpha value is -2.08. The highest BCUT2D eigenvalue weighted by molar-refractivity contribution is 5.92. The first-order valence-electron chi connectivity index (χ1n) is 6.22. The van der Waals surface area contributed by atoms with E-state index in [-0.39, 0.29) is 11.6 Å². The summed E-state index contributed by atoms with van der Waals surface area (Å²) in [5.74, 6) is 0.00901. The minimum absolute atomic E-state index is 0.00901. The monoisotopic (exact) mass is 260 g/mol. The molecule has 1 fully saturated rings. The number of H-pyrrole nitrogens is 2. The molecule has 0 unspecified atom stereocenters. The van der Waals surface area contributed by atoms with Crippen molar-refractivity contribution in [3.05, 3.63) is 34.2 Å². The Labute approximate surface area is 109 Å². The fourth-order valence-electron chi connectivity index (χ4n) is 2.41. The fourth-order valence-corrected chi connectivity index (χ4v) is 2.41. The number of carbonyl (C=O) groups excluding carboxylic acids is 1. The standard InChI is InChI=1S/C13H16N4O2/c1-17(2)16-11(18)13(5-6-13)8-3-4-9-10(7-8)15-12(19)14-9/h3-4,7H,5-6H2,1-2H3,(H,16,18)(H2,14,15,19). The smallest absolute Gasteiger partial charge is 0.306 e. The highest BCUT2D eigenvalue weighted by Gasteiger charge is 2.51.